The average Bonchev–Trinajstić information content (AvgIpc) is 2.75. The van der Waals surface area contributed by atoms with E-state index < -0.39 is 5.97 Å². The monoisotopic (exact) mass is 237 g/mol. The fraction of sp³-hybridized carbons (Fsp3) is 0.545. The Bertz CT molecular complexity index is 427. The molecule has 0 saturated carbocycles. The van der Waals surface area contributed by atoms with Gasteiger partial charge in [-0.25, -0.2) is 4.98 Å². The summed E-state index contributed by atoms with van der Waals surface area (Å²) < 4.78 is 2.03. The van der Waals surface area contributed by atoms with Crippen LogP contribution in [0.2, 0.25) is 0 Å². The summed E-state index contributed by atoms with van der Waals surface area (Å²) in [5, 5.41) is 8.50. The Labute approximate surface area is 98.9 Å². The number of carbonyl (C=O) groups is 2. The van der Waals surface area contributed by atoms with E-state index in [1.54, 1.807) is 11.1 Å². The van der Waals surface area contributed by atoms with Gasteiger partial charge in [-0.15, -0.1) is 0 Å². The molecule has 6 nitrogen and oxygen atoms in total. The van der Waals surface area contributed by atoms with E-state index in [1.165, 1.54) is 0 Å². The third-order valence-corrected chi connectivity index (χ3v) is 2.88. The van der Waals surface area contributed by atoms with Crippen molar-refractivity contribution in [3.05, 3.63) is 18.2 Å². The molecular weight excluding hydrogens is 222 g/mol. The zero-order valence-corrected chi connectivity index (χ0v) is 9.50. The molecular formula is C11H15N3O3. The highest BCUT2D eigenvalue weighted by atomic mass is 16.4. The molecule has 1 aromatic rings. The van der Waals surface area contributed by atoms with Gasteiger partial charge in [-0.1, -0.05) is 0 Å². The number of nitrogens with zero attached hydrogens (tertiary/aromatic N) is 3. The summed E-state index contributed by atoms with van der Waals surface area (Å²) in [5.41, 5.74) is 0. The van der Waals surface area contributed by atoms with Gasteiger partial charge in [-0.3, -0.25) is 9.59 Å². The number of hydrogen-bond donors (Lipinski definition) is 1. The first-order chi connectivity index (χ1) is 8.16. The van der Waals surface area contributed by atoms with Crippen molar-refractivity contribution in [2.24, 2.45) is 0 Å². The van der Waals surface area contributed by atoms with E-state index >= 15 is 0 Å². The Morgan fingerprint density at radius 3 is 2.94 bits per heavy atom. The first-order valence-electron chi connectivity index (χ1n) is 5.66. The topological polar surface area (TPSA) is 75.4 Å². The van der Waals surface area contributed by atoms with Gasteiger partial charge in [0.2, 0.25) is 5.91 Å². The van der Waals surface area contributed by atoms with Crippen LogP contribution in [0, 0.1) is 0 Å². The lowest BCUT2D eigenvalue weighted by molar-refractivity contribution is -0.137. The summed E-state index contributed by atoms with van der Waals surface area (Å²) in [5.74, 6) is 0.0512. The van der Waals surface area contributed by atoms with Gasteiger partial charge in [0, 0.05) is 38.3 Å². The van der Waals surface area contributed by atoms with Crippen molar-refractivity contribution in [1.82, 2.24) is 14.5 Å². The van der Waals surface area contributed by atoms with Gasteiger partial charge < -0.3 is 14.6 Å². The molecule has 1 amide bonds. The standard InChI is InChI=1S/C11H15N3O3/c15-10(2-1-3-11(16)17)14-7-6-13-5-4-12-9(13)8-14/h4-5H,1-3,6-8H2,(H,16,17). The normalized spacial score (nSPS) is 14.5. The molecule has 0 saturated heterocycles. The van der Waals surface area contributed by atoms with Crippen molar-refractivity contribution in [1.29, 1.82) is 0 Å². The number of amides is 1. The smallest absolute Gasteiger partial charge is 0.303 e. The van der Waals surface area contributed by atoms with Crippen molar-refractivity contribution in [3.8, 4) is 0 Å². The van der Waals surface area contributed by atoms with E-state index in [9.17, 15) is 9.59 Å². The van der Waals surface area contributed by atoms with Crippen LogP contribution in [-0.4, -0.2) is 38.0 Å². The molecule has 0 radical (unpaired) electrons. The Balaban J connectivity index is 1.84. The zero-order chi connectivity index (χ0) is 12.3. The number of rotatable bonds is 4. The van der Waals surface area contributed by atoms with Crippen molar-refractivity contribution >= 4 is 11.9 Å². The lowest BCUT2D eigenvalue weighted by Crippen LogP contribution is -2.38. The number of aliphatic carboxylic acids is 1. The molecule has 0 fully saturated rings. The summed E-state index contributed by atoms with van der Waals surface area (Å²) in [6, 6.07) is 0. The Morgan fingerprint density at radius 2 is 2.18 bits per heavy atom. The van der Waals surface area contributed by atoms with Gasteiger partial charge in [0.25, 0.3) is 0 Å². The third kappa shape index (κ3) is 2.83. The molecule has 0 aromatic carbocycles. The van der Waals surface area contributed by atoms with Crippen LogP contribution in [0.25, 0.3) is 0 Å². The Kier molecular flexibility index (Phi) is 3.41. The number of carboxylic acid groups (broad SMARTS) is 1. The van der Waals surface area contributed by atoms with Crippen LogP contribution < -0.4 is 0 Å². The first-order valence-corrected chi connectivity index (χ1v) is 5.66. The van der Waals surface area contributed by atoms with Crippen molar-refractivity contribution in [2.45, 2.75) is 32.4 Å². The molecule has 1 aromatic heterocycles. The SMILES string of the molecule is O=C(O)CCCC(=O)N1CCn2ccnc2C1. The minimum atomic E-state index is -0.855. The zero-order valence-electron chi connectivity index (χ0n) is 9.50. The van der Waals surface area contributed by atoms with Gasteiger partial charge in [-0.05, 0) is 6.42 Å². The van der Waals surface area contributed by atoms with Crippen LogP contribution in [0.15, 0.2) is 12.4 Å². The summed E-state index contributed by atoms with van der Waals surface area (Å²) in [4.78, 5) is 28.1. The van der Waals surface area contributed by atoms with Crippen LogP contribution >= 0.6 is 0 Å². The van der Waals surface area contributed by atoms with E-state index in [1.807, 2.05) is 10.8 Å². The number of carbonyl (C=O) groups excluding carboxylic acids is 1. The molecule has 2 heterocycles. The second kappa shape index (κ2) is 4.99. The van der Waals surface area contributed by atoms with E-state index in [0.717, 1.165) is 12.4 Å². The molecule has 0 bridgehead atoms. The van der Waals surface area contributed by atoms with Crippen molar-refractivity contribution in [2.75, 3.05) is 6.54 Å². The molecule has 17 heavy (non-hydrogen) atoms. The van der Waals surface area contributed by atoms with E-state index in [2.05, 4.69) is 4.98 Å². The highest BCUT2D eigenvalue weighted by Gasteiger charge is 2.20. The largest absolute Gasteiger partial charge is 0.481 e. The van der Waals surface area contributed by atoms with E-state index in [-0.39, 0.29) is 12.3 Å². The van der Waals surface area contributed by atoms with Crippen molar-refractivity contribution in [3.63, 3.8) is 0 Å². The van der Waals surface area contributed by atoms with Gasteiger partial charge >= 0.3 is 5.97 Å². The van der Waals surface area contributed by atoms with Crippen LogP contribution in [0.4, 0.5) is 0 Å². The molecule has 0 atom stereocenters. The van der Waals surface area contributed by atoms with Gasteiger partial charge in [0.15, 0.2) is 0 Å². The number of aromatic nitrogens is 2. The summed E-state index contributed by atoms with van der Waals surface area (Å²) in [6.07, 6.45) is 4.38. The molecule has 6 heteroatoms. The molecule has 1 aliphatic rings. The fourth-order valence-electron chi connectivity index (χ4n) is 1.94. The van der Waals surface area contributed by atoms with Gasteiger partial charge in [0.05, 0.1) is 6.54 Å². The number of hydrogen-bond acceptors (Lipinski definition) is 3. The molecule has 0 aliphatic carbocycles. The van der Waals surface area contributed by atoms with Crippen LogP contribution in [0.5, 0.6) is 0 Å². The van der Waals surface area contributed by atoms with Gasteiger partial charge in [-0.2, -0.15) is 0 Å². The maximum absolute atomic E-state index is 11.8. The minimum Gasteiger partial charge on any atom is -0.481 e. The number of carboxylic acids is 1. The lowest BCUT2D eigenvalue weighted by atomic mass is 10.2. The van der Waals surface area contributed by atoms with Crippen LogP contribution in [-0.2, 0) is 22.7 Å². The average molecular weight is 237 g/mol. The summed E-state index contributed by atoms with van der Waals surface area (Å²) in [6.45, 7) is 1.97. The number of fused-ring (bicyclic) bond motifs is 1. The quantitative estimate of drug-likeness (QED) is 0.826. The molecule has 1 N–H and O–H groups in total. The number of imidazole rings is 1. The molecule has 92 valence electrons. The predicted octanol–water partition coefficient (Wildman–Crippen LogP) is 0.480. The van der Waals surface area contributed by atoms with Crippen LogP contribution in [0.1, 0.15) is 25.1 Å². The Morgan fingerprint density at radius 1 is 1.35 bits per heavy atom. The van der Waals surface area contributed by atoms with Crippen molar-refractivity contribution < 1.29 is 14.7 Å². The second-order valence-corrected chi connectivity index (χ2v) is 4.10. The minimum absolute atomic E-state index is 0.0144. The maximum atomic E-state index is 11.8. The third-order valence-electron chi connectivity index (χ3n) is 2.88. The highest BCUT2D eigenvalue weighted by Crippen LogP contribution is 2.12. The van der Waals surface area contributed by atoms with Crippen LogP contribution in [0.3, 0.4) is 0 Å². The molecule has 2 rings (SSSR count). The predicted molar refractivity (Wildman–Crippen MR) is 59.1 cm³/mol. The summed E-state index contributed by atoms with van der Waals surface area (Å²) in [7, 11) is 0. The van der Waals surface area contributed by atoms with E-state index in [0.29, 0.717) is 25.9 Å². The molecule has 0 spiro atoms. The highest BCUT2D eigenvalue weighted by molar-refractivity contribution is 5.77. The lowest BCUT2D eigenvalue weighted by Gasteiger charge is -2.27. The second-order valence-electron chi connectivity index (χ2n) is 4.10. The first kappa shape index (κ1) is 11.6. The van der Waals surface area contributed by atoms with Gasteiger partial charge in [0.1, 0.15) is 5.82 Å². The maximum Gasteiger partial charge on any atom is 0.303 e. The van der Waals surface area contributed by atoms with E-state index in [4.69, 9.17) is 5.11 Å². The fourth-order valence-corrected chi connectivity index (χ4v) is 1.94. The summed E-state index contributed by atoms with van der Waals surface area (Å²) >= 11 is 0. The Hall–Kier alpha value is -1.85. The molecule has 1 aliphatic heterocycles. The molecule has 0 unspecified atom stereocenters.